The van der Waals surface area contributed by atoms with Gasteiger partial charge in [0.2, 0.25) is 0 Å². The summed E-state index contributed by atoms with van der Waals surface area (Å²) in [6.45, 7) is 1.11. The second kappa shape index (κ2) is 7.87. The molecule has 2 heterocycles. The number of benzene rings is 3. The molecule has 1 saturated heterocycles. The molecule has 1 aliphatic rings. The molecule has 5 rings (SSSR count). The normalized spacial score (nSPS) is 15.4. The van der Waals surface area contributed by atoms with Crippen LogP contribution in [0.3, 0.4) is 0 Å². The Labute approximate surface area is 173 Å². The average Bonchev–Trinajstić information content (AvgIpc) is 3.44. The summed E-state index contributed by atoms with van der Waals surface area (Å²) < 4.78 is 12.1. The van der Waals surface area contributed by atoms with Gasteiger partial charge in [0.15, 0.2) is 5.16 Å². The fraction of sp³-hybridized carbons (Fsp3) is 0.125. The molecule has 4 aromatic rings. The molecular weight excluding hydrogens is 380 g/mol. The zero-order chi connectivity index (χ0) is 19.5. The number of aromatic nitrogens is 2. The molecule has 0 spiro atoms. The molecule has 0 amide bonds. The van der Waals surface area contributed by atoms with Crippen molar-refractivity contribution in [2.24, 2.45) is 0 Å². The Morgan fingerprint density at radius 3 is 1.90 bits per heavy atom. The maximum absolute atomic E-state index is 6.07. The van der Waals surface area contributed by atoms with E-state index in [2.05, 4.69) is 29.2 Å². The maximum atomic E-state index is 6.07. The third-order valence-corrected chi connectivity index (χ3v) is 5.94. The van der Waals surface area contributed by atoms with Crippen molar-refractivity contribution in [2.45, 2.75) is 10.3 Å². The van der Waals surface area contributed by atoms with Crippen LogP contribution in [-0.2, 0) is 14.6 Å². The SMILES string of the molecule is c1ccc(-c2nc(SC3(c4ccccc4)OCCO3)[nH]c2-c2ccccc2)cc1. The third kappa shape index (κ3) is 3.60. The monoisotopic (exact) mass is 400 g/mol. The summed E-state index contributed by atoms with van der Waals surface area (Å²) in [6, 6.07) is 30.5. The summed E-state index contributed by atoms with van der Waals surface area (Å²) in [6.07, 6.45) is 0. The highest BCUT2D eigenvalue weighted by Crippen LogP contribution is 2.46. The maximum Gasteiger partial charge on any atom is 0.253 e. The molecule has 144 valence electrons. The molecule has 3 aromatic carbocycles. The Morgan fingerprint density at radius 1 is 0.724 bits per heavy atom. The van der Waals surface area contributed by atoms with Crippen LogP contribution < -0.4 is 0 Å². The van der Waals surface area contributed by atoms with E-state index in [0.29, 0.717) is 13.2 Å². The lowest BCUT2D eigenvalue weighted by molar-refractivity contribution is -0.0817. The molecule has 0 atom stereocenters. The topological polar surface area (TPSA) is 47.1 Å². The lowest BCUT2D eigenvalue weighted by atomic mass is 10.1. The van der Waals surface area contributed by atoms with E-state index in [-0.39, 0.29) is 0 Å². The highest BCUT2D eigenvalue weighted by atomic mass is 32.2. The van der Waals surface area contributed by atoms with Gasteiger partial charge in [-0.3, -0.25) is 0 Å². The predicted molar refractivity (Wildman–Crippen MR) is 115 cm³/mol. The number of H-pyrrole nitrogens is 1. The van der Waals surface area contributed by atoms with Crippen molar-refractivity contribution < 1.29 is 9.47 Å². The van der Waals surface area contributed by atoms with Gasteiger partial charge in [-0.05, 0) is 11.8 Å². The molecule has 0 unspecified atom stereocenters. The summed E-state index contributed by atoms with van der Waals surface area (Å²) in [7, 11) is 0. The number of rotatable bonds is 5. The van der Waals surface area contributed by atoms with E-state index in [1.165, 1.54) is 11.8 Å². The van der Waals surface area contributed by atoms with Gasteiger partial charge in [0, 0.05) is 16.7 Å². The van der Waals surface area contributed by atoms with Gasteiger partial charge < -0.3 is 14.5 Å². The lowest BCUT2D eigenvalue weighted by Gasteiger charge is -2.25. The molecule has 0 saturated carbocycles. The third-order valence-electron chi connectivity index (χ3n) is 4.82. The number of imidazole rings is 1. The van der Waals surface area contributed by atoms with Crippen LogP contribution in [0.2, 0.25) is 0 Å². The number of aromatic amines is 1. The van der Waals surface area contributed by atoms with Crippen LogP contribution in [0.15, 0.2) is 96.2 Å². The van der Waals surface area contributed by atoms with Gasteiger partial charge in [-0.15, -0.1) is 0 Å². The Bertz CT molecular complexity index is 1020. The molecule has 4 nitrogen and oxygen atoms in total. The van der Waals surface area contributed by atoms with E-state index in [0.717, 1.165) is 33.2 Å². The Kier molecular flexibility index (Phi) is 4.94. The number of nitrogens with zero attached hydrogens (tertiary/aromatic N) is 1. The fourth-order valence-electron chi connectivity index (χ4n) is 3.47. The van der Waals surface area contributed by atoms with Gasteiger partial charge in [0.25, 0.3) is 5.12 Å². The van der Waals surface area contributed by atoms with Gasteiger partial charge >= 0.3 is 0 Å². The molecule has 0 bridgehead atoms. The van der Waals surface area contributed by atoms with Crippen molar-refractivity contribution in [3.8, 4) is 22.5 Å². The number of ether oxygens (including phenoxy) is 2. The van der Waals surface area contributed by atoms with Crippen molar-refractivity contribution in [1.29, 1.82) is 0 Å². The predicted octanol–water partition coefficient (Wildman–Crippen LogP) is 5.69. The van der Waals surface area contributed by atoms with Crippen LogP contribution in [0.25, 0.3) is 22.5 Å². The molecule has 5 heteroatoms. The van der Waals surface area contributed by atoms with E-state index in [4.69, 9.17) is 14.5 Å². The Balaban J connectivity index is 1.58. The molecule has 1 aliphatic heterocycles. The quantitative estimate of drug-likeness (QED) is 0.467. The molecule has 29 heavy (non-hydrogen) atoms. The van der Waals surface area contributed by atoms with Gasteiger partial charge in [-0.25, -0.2) is 4.98 Å². The zero-order valence-corrected chi connectivity index (χ0v) is 16.6. The summed E-state index contributed by atoms with van der Waals surface area (Å²) in [5.74, 6) is 0. The fourth-order valence-corrected chi connectivity index (χ4v) is 4.55. The summed E-state index contributed by atoms with van der Waals surface area (Å²) in [5, 5.41) is -0.130. The Morgan fingerprint density at radius 2 is 1.28 bits per heavy atom. The zero-order valence-electron chi connectivity index (χ0n) is 15.7. The van der Waals surface area contributed by atoms with Crippen LogP contribution in [0.1, 0.15) is 5.56 Å². The van der Waals surface area contributed by atoms with Crippen molar-refractivity contribution >= 4 is 11.8 Å². The molecular formula is C24H20N2O2S. The first-order valence-corrected chi connectivity index (χ1v) is 10.4. The molecule has 1 aromatic heterocycles. The standard InChI is InChI=1S/C24H20N2O2S/c1-4-10-18(11-5-1)21-22(19-12-6-2-7-13-19)26-23(25-21)29-24(27-16-17-28-24)20-14-8-3-9-15-20/h1-15H,16-17H2,(H,25,26). The van der Waals surface area contributed by atoms with Crippen LogP contribution in [0.4, 0.5) is 0 Å². The molecule has 1 N–H and O–H groups in total. The van der Waals surface area contributed by atoms with Crippen molar-refractivity contribution in [3.63, 3.8) is 0 Å². The first-order chi connectivity index (χ1) is 14.3. The summed E-state index contributed by atoms with van der Waals surface area (Å²) in [5.41, 5.74) is 5.03. The van der Waals surface area contributed by atoms with Crippen LogP contribution >= 0.6 is 11.8 Å². The highest BCUT2D eigenvalue weighted by molar-refractivity contribution is 7.99. The molecule has 0 aliphatic carbocycles. The molecule has 1 fully saturated rings. The minimum atomic E-state index is -0.888. The summed E-state index contributed by atoms with van der Waals surface area (Å²) >= 11 is 1.46. The number of hydrogen-bond donors (Lipinski definition) is 1. The smallest absolute Gasteiger partial charge is 0.253 e. The van der Waals surface area contributed by atoms with Crippen molar-refractivity contribution in [3.05, 3.63) is 96.6 Å². The largest absolute Gasteiger partial charge is 0.335 e. The Hall–Kier alpha value is -2.86. The van der Waals surface area contributed by atoms with Crippen LogP contribution in [0, 0.1) is 0 Å². The minimum Gasteiger partial charge on any atom is -0.335 e. The van der Waals surface area contributed by atoms with E-state index >= 15 is 0 Å². The first kappa shape index (κ1) is 18.2. The van der Waals surface area contributed by atoms with E-state index in [9.17, 15) is 0 Å². The van der Waals surface area contributed by atoms with Crippen molar-refractivity contribution in [1.82, 2.24) is 9.97 Å². The van der Waals surface area contributed by atoms with Gasteiger partial charge in [-0.2, -0.15) is 0 Å². The van der Waals surface area contributed by atoms with Crippen molar-refractivity contribution in [2.75, 3.05) is 13.2 Å². The number of thioether (sulfide) groups is 1. The second-order valence-corrected chi connectivity index (χ2v) is 7.85. The van der Waals surface area contributed by atoms with Crippen LogP contribution in [0.5, 0.6) is 0 Å². The van der Waals surface area contributed by atoms with E-state index in [1.807, 2.05) is 66.7 Å². The van der Waals surface area contributed by atoms with E-state index < -0.39 is 5.12 Å². The van der Waals surface area contributed by atoms with Gasteiger partial charge in [0.05, 0.1) is 24.6 Å². The van der Waals surface area contributed by atoms with E-state index in [1.54, 1.807) is 0 Å². The highest BCUT2D eigenvalue weighted by Gasteiger charge is 2.41. The molecule has 0 radical (unpaired) electrons. The summed E-state index contributed by atoms with van der Waals surface area (Å²) in [4.78, 5) is 8.45. The second-order valence-electron chi connectivity index (χ2n) is 6.72. The van der Waals surface area contributed by atoms with Crippen LogP contribution in [-0.4, -0.2) is 23.2 Å². The number of nitrogens with one attached hydrogen (secondary N) is 1. The first-order valence-electron chi connectivity index (χ1n) is 9.57. The lowest BCUT2D eigenvalue weighted by Crippen LogP contribution is -2.22. The van der Waals surface area contributed by atoms with Gasteiger partial charge in [0.1, 0.15) is 0 Å². The van der Waals surface area contributed by atoms with Gasteiger partial charge in [-0.1, -0.05) is 91.0 Å². The minimum absolute atomic E-state index is 0.555. The number of hydrogen-bond acceptors (Lipinski definition) is 4. The average molecular weight is 401 g/mol.